The summed E-state index contributed by atoms with van der Waals surface area (Å²) in [4.78, 5) is 11.1. The van der Waals surface area contributed by atoms with Crippen molar-refractivity contribution < 1.29 is 4.74 Å². The highest BCUT2D eigenvalue weighted by Crippen LogP contribution is 2.25. The van der Waals surface area contributed by atoms with Gasteiger partial charge in [-0.1, -0.05) is 13.3 Å². The molecule has 1 N–H and O–H groups in total. The van der Waals surface area contributed by atoms with Gasteiger partial charge in [-0.3, -0.25) is 0 Å². The van der Waals surface area contributed by atoms with E-state index in [4.69, 9.17) is 4.74 Å². The Morgan fingerprint density at radius 2 is 2.35 bits per heavy atom. The summed E-state index contributed by atoms with van der Waals surface area (Å²) in [6.07, 6.45) is 6.48. The molecule has 2 aliphatic heterocycles. The molecule has 0 amide bonds. The molecule has 2 aliphatic rings. The first-order valence-corrected chi connectivity index (χ1v) is 7.76. The van der Waals surface area contributed by atoms with E-state index in [2.05, 4.69) is 33.2 Å². The number of nitrogens with zero attached hydrogens (tertiary/aromatic N) is 3. The molecule has 2 saturated heterocycles. The maximum absolute atomic E-state index is 5.50. The molecule has 20 heavy (non-hydrogen) atoms. The van der Waals surface area contributed by atoms with E-state index in [1.54, 1.807) is 6.33 Å². The number of hydrogen-bond donors (Lipinski definition) is 1. The van der Waals surface area contributed by atoms with Crippen LogP contribution in [-0.2, 0) is 4.74 Å². The van der Waals surface area contributed by atoms with Gasteiger partial charge in [-0.15, -0.1) is 0 Å². The molecule has 0 aliphatic carbocycles. The number of ether oxygens (including phenoxy) is 1. The van der Waals surface area contributed by atoms with Crippen molar-refractivity contribution in [1.29, 1.82) is 0 Å². The fourth-order valence-corrected chi connectivity index (χ4v) is 3.04. The summed E-state index contributed by atoms with van der Waals surface area (Å²) >= 11 is 0. The first kappa shape index (κ1) is 13.6. The Kier molecular flexibility index (Phi) is 4.35. The highest BCUT2D eigenvalue weighted by molar-refractivity contribution is 5.49. The third-order valence-corrected chi connectivity index (χ3v) is 4.35. The van der Waals surface area contributed by atoms with Gasteiger partial charge in [-0.05, 0) is 25.2 Å². The van der Waals surface area contributed by atoms with E-state index in [-0.39, 0.29) is 0 Å². The van der Waals surface area contributed by atoms with Crippen LogP contribution in [0.15, 0.2) is 12.4 Å². The van der Waals surface area contributed by atoms with Crippen LogP contribution in [0.4, 0.5) is 11.6 Å². The smallest absolute Gasteiger partial charge is 0.134 e. The minimum atomic E-state index is 0.383. The zero-order valence-corrected chi connectivity index (χ0v) is 12.2. The van der Waals surface area contributed by atoms with Crippen molar-refractivity contribution in [3.8, 4) is 0 Å². The highest BCUT2D eigenvalue weighted by Gasteiger charge is 2.22. The van der Waals surface area contributed by atoms with Crippen LogP contribution >= 0.6 is 0 Å². The summed E-state index contributed by atoms with van der Waals surface area (Å²) in [5.41, 5.74) is 0. The van der Waals surface area contributed by atoms with Gasteiger partial charge in [0.05, 0.1) is 12.6 Å². The predicted molar refractivity (Wildman–Crippen MR) is 80.1 cm³/mol. The summed E-state index contributed by atoms with van der Waals surface area (Å²) in [5.74, 6) is 2.79. The summed E-state index contributed by atoms with van der Waals surface area (Å²) in [5, 5.41) is 3.47. The molecular weight excluding hydrogens is 252 g/mol. The Balaban J connectivity index is 1.63. The molecule has 110 valence electrons. The van der Waals surface area contributed by atoms with E-state index in [9.17, 15) is 0 Å². The van der Waals surface area contributed by atoms with Crippen LogP contribution in [0.3, 0.4) is 0 Å². The van der Waals surface area contributed by atoms with E-state index in [1.807, 2.05) is 0 Å². The van der Waals surface area contributed by atoms with Crippen molar-refractivity contribution in [3.05, 3.63) is 12.4 Å². The van der Waals surface area contributed by atoms with Gasteiger partial charge in [0.25, 0.3) is 0 Å². The number of rotatable bonds is 4. The second-order valence-electron chi connectivity index (χ2n) is 5.83. The van der Waals surface area contributed by atoms with E-state index in [0.717, 1.165) is 56.7 Å². The molecule has 2 fully saturated rings. The Morgan fingerprint density at radius 3 is 3.10 bits per heavy atom. The number of nitrogens with one attached hydrogen (secondary N) is 1. The average Bonchev–Trinajstić information content (AvgIpc) is 2.98. The van der Waals surface area contributed by atoms with E-state index >= 15 is 0 Å². The van der Waals surface area contributed by atoms with Crippen LogP contribution in [0.2, 0.25) is 0 Å². The van der Waals surface area contributed by atoms with Gasteiger partial charge in [0.15, 0.2) is 0 Å². The molecular formula is C15H24N4O. The third-order valence-electron chi connectivity index (χ3n) is 4.35. The van der Waals surface area contributed by atoms with Gasteiger partial charge in [0.2, 0.25) is 0 Å². The first-order valence-electron chi connectivity index (χ1n) is 7.76. The van der Waals surface area contributed by atoms with Gasteiger partial charge in [0.1, 0.15) is 18.0 Å². The molecule has 0 saturated carbocycles. The van der Waals surface area contributed by atoms with Crippen molar-refractivity contribution in [2.75, 3.05) is 36.5 Å². The van der Waals surface area contributed by atoms with Crippen LogP contribution < -0.4 is 10.2 Å². The lowest BCUT2D eigenvalue weighted by atomic mass is 10.1. The maximum atomic E-state index is 5.50. The minimum absolute atomic E-state index is 0.383. The van der Waals surface area contributed by atoms with Crippen LogP contribution in [-0.4, -0.2) is 42.3 Å². The SMILES string of the molecule is CC[C@H]1CCN(c2cc(N[C@H]3CCCOC3)ncn2)C1. The zero-order chi connectivity index (χ0) is 13.8. The van der Waals surface area contributed by atoms with E-state index < -0.39 is 0 Å². The molecule has 1 aromatic rings. The van der Waals surface area contributed by atoms with Crippen molar-refractivity contribution >= 4 is 11.6 Å². The van der Waals surface area contributed by atoms with Crippen molar-refractivity contribution in [3.63, 3.8) is 0 Å². The van der Waals surface area contributed by atoms with Crippen LogP contribution in [0.5, 0.6) is 0 Å². The second-order valence-corrected chi connectivity index (χ2v) is 5.83. The Morgan fingerprint density at radius 1 is 1.40 bits per heavy atom. The third kappa shape index (κ3) is 3.20. The molecule has 0 radical (unpaired) electrons. The molecule has 3 heterocycles. The lowest BCUT2D eigenvalue weighted by molar-refractivity contribution is 0.0875. The van der Waals surface area contributed by atoms with Crippen LogP contribution in [0.1, 0.15) is 32.6 Å². The summed E-state index contributed by atoms with van der Waals surface area (Å²) in [6, 6.07) is 2.46. The van der Waals surface area contributed by atoms with Crippen molar-refractivity contribution in [2.24, 2.45) is 5.92 Å². The zero-order valence-electron chi connectivity index (χ0n) is 12.2. The fourth-order valence-electron chi connectivity index (χ4n) is 3.04. The lowest BCUT2D eigenvalue weighted by Crippen LogP contribution is -2.30. The average molecular weight is 276 g/mol. The molecule has 0 unspecified atom stereocenters. The summed E-state index contributed by atoms with van der Waals surface area (Å²) < 4.78 is 5.50. The van der Waals surface area contributed by atoms with Gasteiger partial charge in [0, 0.05) is 25.8 Å². The van der Waals surface area contributed by atoms with Crippen LogP contribution in [0, 0.1) is 5.92 Å². The van der Waals surface area contributed by atoms with Gasteiger partial charge in [-0.25, -0.2) is 9.97 Å². The predicted octanol–water partition coefficient (Wildman–Crippen LogP) is 2.30. The quantitative estimate of drug-likeness (QED) is 0.914. The number of anilines is 2. The summed E-state index contributed by atoms with van der Waals surface area (Å²) in [6.45, 7) is 6.17. The number of hydrogen-bond acceptors (Lipinski definition) is 5. The molecule has 0 bridgehead atoms. The summed E-state index contributed by atoms with van der Waals surface area (Å²) in [7, 11) is 0. The molecule has 0 aromatic carbocycles. The fraction of sp³-hybridized carbons (Fsp3) is 0.733. The van der Waals surface area contributed by atoms with Crippen LogP contribution in [0.25, 0.3) is 0 Å². The molecule has 3 rings (SSSR count). The minimum Gasteiger partial charge on any atom is -0.379 e. The monoisotopic (exact) mass is 276 g/mol. The lowest BCUT2D eigenvalue weighted by Gasteiger charge is -2.24. The maximum Gasteiger partial charge on any atom is 0.134 e. The first-order chi connectivity index (χ1) is 9.85. The standard InChI is InChI=1S/C15H24N4O/c1-2-12-5-6-19(9-12)15-8-14(16-11-17-15)18-13-4-3-7-20-10-13/h8,11-13H,2-7,9-10H2,1H3,(H,16,17,18)/t12-,13-/m0/s1. The molecule has 1 aromatic heterocycles. The Hall–Kier alpha value is -1.36. The largest absolute Gasteiger partial charge is 0.379 e. The van der Waals surface area contributed by atoms with Crippen molar-refractivity contribution in [1.82, 2.24) is 9.97 Å². The van der Waals surface area contributed by atoms with E-state index in [0.29, 0.717) is 6.04 Å². The highest BCUT2D eigenvalue weighted by atomic mass is 16.5. The Labute approximate surface area is 120 Å². The molecule has 2 atom stereocenters. The van der Waals surface area contributed by atoms with E-state index in [1.165, 1.54) is 12.8 Å². The molecule has 5 nitrogen and oxygen atoms in total. The number of aromatic nitrogens is 2. The van der Waals surface area contributed by atoms with Gasteiger partial charge in [-0.2, -0.15) is 0 Å². The Bertz CT molecular complexity index is 434. The molecule has 5 heteroatoms. The van der Waals surface area contributed by atoms with Gasteiger partial charge < -0.3 is 15.0 Å². The van der Waals surface area contributed by atoms with Gasteiger partial charge >= 0.3 is 0 Å². The second kappa shape index (κ2) is 6.39. The van der Waals surface area contributed by atoms with Crippen molar-refractivity contribution in [2.45, 2.75) is 38.6 Å². The normalized spacial score (nSPS) is 26.8. The topological polar surface area (TPSA) is 50.3 Å². The molecule has 0 spiro atoms.